The molecule has 0 radical (unpaired) electrons. The molecule has 70 valence electrons. The van der Waals surface area contributed by atoms with Gasteiger partial charge in [-0.15, -0.1) is 0 Å². The number of rotatable bonds is 1. The number of nitriles is 1. The minimum Gasteiger partial charge on any atom is -0.348 e. The predicted octanol–water partition coefficient (Wildman–Crippen LogP) is 1.98. The van der Waals surface area contributed by atoms with E-state index in [1.165, 1.54) is 0 Å². The molecule has 2 heterocycles. The highest BCUT2D eigenvalue weighted by Crippen LogP contribution is 2.27. The average molecular weight is 206 g/mol. The molecule has 0 N–H and O–H groups in total. The SMILES string of the molecule is N#Cc1ccnc(N2CC=CC2)c1Cl. The first-order valence-electron chi connectivity index (χ1n) is 4.27. The van der Waals surface area contributed by atoms with E-state index in [1.54, 1.807) is 12.3 Å². The monoisotopic (exact) mass is 205 g/mol. The Hall–Kier alpha value is -1.53. The third-order valence-electron chi connectivity index (χ3n) is 2.11. The number of nitrogens with zero attached hydrogens (tertiary/aromatic N) is 3. The van der Waals surface area contributed by atoms with E-state index in [0.29, 0.717) is 16.4 Å². The van der Waals surface area contributed by atoms with Gasteiger partial charge >= 0.3 is 0 Å². The maximum Gasteiger partial charge on any atom is 0.149 e. The van der Waals surface area contributed by atoms with Gasteiger partial charge in [0.2, 0.25) is 0 Å². The molecule has 1 aliphatic rings. The van der Waals surface area contributed by atoms with Crippen molar-refractivity contribution < 1.29 is 0 Å². The van der Waals surface area contributed by atoms with E-state index in [4.69, 9.17) is 16.9 Å². The summed E-state index contributed by atoms with van der Waals surface area (Å²) in [7, 11) is 0. The Bertz CT molecular complexity index is 412. The van der Waals surface area contributed by atoms with E-state index in [9.17, 15) is 0 Å². The Kier molecular flexibility index (Phi) is 2.38. The highest BCUT2D eigenvalue weighted by Gasteiger charge is 2.14. The van der Waals surface area contributed by atoms with Crippen molar-refractivity contribution in [2.45, 2.75) is 0 Å². The van der Waals surface area contributed by atoms with Crippen molar-refractivity contribution in [1.29, 1.82) is 5.26 Å². The second kappa shape index (κ2) is 3.69. The molecule has 1 aromatic heterocycles. The lowest BCUT2D eigenvalue weighted by molar-refractivity contribution is 0.968. The summed E-state index contributed by atoms with van der Waals surface area (Å²) in [5, 5.41) is 9.23. The minimum absolute atomic E-state index is 0.443. The Morgan fingerprint density at radius 2 is 2.14 bits per heavy atom. The minimum atomic E-state index is 0.443. The molecule has 0 unspecified atom stereocenters. The zero-order valence-corrected chi connectivity index (χ0v) is 8.20. The quantitative estimate of drug-likeness (QED) is 0.659. The molecule has 0 saturated heterocycles. The zero-order chi connectivity index (χ0) is 9.97. The summed E-state index contributed by atoms with van der Waals surface area (Å²) in [6.07, 6.45) is 5.71. The van der Waals surface area contributed by atoms with Crippen molar-refractivity contribution in [3.8, 4) is 6.07 Å². The van der Waals surface area contributed by atoms with Gasteiger partial charge in [0.25, 0.3) is 0 Å². The lowest BCUT2D eigenvalue weighted by atomic mass is 10.3. The summed E-state index contributed by atoms with van der Waals surface area (Å²) in [6.45, 7) is 1.61. The van der Waals surface area contributed by atoms with Crippen LogP contribution in [0.3, 0.4) is 0 Å². The number of hydrogen-bond acceptors (Lipinski definition) is 3. The summed E-state index contributed by atoms with van der Waals surface area (Å²) in [5.41, 5.74) is 0.476. The molecule has 0 aromatic carbocycles. The Balaban J connectivity index is 2.39. The molecule has 4 heteroatoms. The lowest BCUT2D eigenvalue weighted by Gasteiger charge is -2.17. The summed E-state index contributed by atoms with van der Waals surface area (Å²) in [5.74, 6) is 0.690. The fourth-order valence-corrected chi connectivity index (χ4v) is 1.66. The van der Waals surface area contributed by atoms with Crippen LogP contribution in [-0.2, 0) is 0 Å². The highest BCUT2D eigenvalue weighted by molar-refractivity contribution is 6.34. The second-order valence-electron chi connectivity index (χ2n) is 2.98. The van der Waals surface area contributed by atoms with Crippen molar-refractivity contribution >= 4 is 17.4 Å². The molecule has 0 saturated carbocycles. The van der Waals surface area contributed by atoms with Crippen LogP contribution in [0.2, 0.25) is 5.02 Å². The van der Waals surface area contributed by atoms with Crippen molar-refractivity contribution in [3.63, 3.8) is 0 Å². The van der Waals surface area contributed by atoms with Crippen molar-refractivity contribution in [3.05, 3.63) is 35.0 Å². The van der Waals surface area contributed by atoms with Crippen molar-refractivity contribution in [2.24, 2.45) is 0 Å². The van der Waals surface area contributed by atoms with Gasteiger partial charge in [-0.25, -0.2) is 4.98 Å². The van der Waals surface area contributed by atoms with Crippen LogP contribution in [0.25, 0.3) is 0 Å². The van der Waals surface area contributed by atoms with E-state index in [1.807, 2.05) is 11.0 Å². The Morgan fingerprint density at radius 1 is 1.43 bits per heavy atom. The molecule has 1 aliphatic heterocycles. The van der Waals surface area contributed by atoms with Crippen LogP contribution in [0, 0.1) is 11.3 Å². The van der Waals surface area contributed by atoms with E-state index >= 15 is 0 Å². The largest absolute Gasteiger partial charge is 0.348 e. The van der Waals surface area contributed by atoms with E-state index in [-0.39, 0.29) is 0 Å². The van der Waals surface area contributed by atoms with E-state index in [2.05, 4.69) is 17.1 Å². The van der Waals surface area contributed by atoms with Gasteiger partial charge < -0.3 is 4.90 Å². The molecule has 0 amide bonds. The van der Waals surface area contributed by atoms with E-state index < -0.39 is 0 Å². The molecule has 0 spiro atoms. The van der Waals surface area contributed by atoms with Gasteiger partial charge in [-0.3, -0.25) is 0 Å². The standard InChI is InChI=1S/C10H8ClN3/c11-9-8(7-12)3-4-13-10(9)14-5-1-2-6-14/h1-4H,5-6H2. The number of halogens is 1. The van der Waals surface area contributed by atoms with Crippen LogP contribution < -0.4 is 4.90 Å². The zero-order valence-electron chi connectivity index (χ0n) is 7.44. The summed E-state index contributed by atoms with van der Waals surface area (Å²) in [4.78, 5) is 6.19. The van der Waals surface area contributed by atoms with E-state index in [0.717, 1.165) is 13.1 Å². The van der Waals surface area contributed by atoms with Crippen LogP contribution in [-0.4, -0.2) is 18.1 Å². The first kappa shape index (κ1) is 9.04. The third-order valence-corrected chi connectivity index (χ3v) is 2.48. The lowest BCUT2D eigenvalue weighted by Crippen LogP contribution is -2.20. The summed E-state index contributed by atoms with van der Waals surface area (Å²) in [6, 6.07) is 3.66. The molecule has 0 aliphatic carbocycles. The number of pyridine rings is 1. The molecule has 3 nitrogen and oxygen atoms in total. The molecule has 0 fully saturated rings. The molecule has 1 aromatic rings. The smallest absolute Gasteiger partial charge is 0.149 e. The topological polar surface area (TPSA) is 39.9 Å². The van der Waals surface area contributed by atoms with Crippen molar-refractivity contribution in [2.75, 3.05) is 18.0 Å². The molecular formula is C10H8ClN3. The first-order chi connectivity index (χ1) is 6.83. The van der Waals surface area contributed by atoms with Crippen LogP contribution in [0.5, 0.6) is 0 Å². The normalized spacial score (nSPS) is 14.4. The van der Waals surface area contributed by atoms with Crippen molar-refractivity contribution in [1.82, 2.24) is 4.98 Å². The van der Waals surface area contributed by atoms with Gasteiger partial charge in [0.15, 0.2) is 0 Å². The molecule has 2 rings (SSSR count). The average Bonchev–Trinajstić information content (AvgIpc) is 2.71. The van der Waals surface area contributed by atoms with Crippen LogP contribution in [0.15, 0.2) is 24.4 Å². The van der Waals surface area contributed by atoms with Gasteiger partial charge in [-0.1, -0.05) is 23.8 Å². The fourth-order valence-electron chi connectivity index (χ4n) is 1.39. The fraction of sp³-hybridized carbons (Fsp3) is 0.200. The third kappa shape index (κ3) is 1.45. The molecule has 0 atom stereocenters. The van der Waals surface area contributed by atoms with Gasteiger partial charge in [-0.05, 0) is 6.07 Å². The van der Waals surface area contributed by atoms with Crippen LogP contribution in [0.1, 0.15) is 5.56 Å². The number of aromatic nitrogens is 1. The second-order valence-corrected chi connectivity index (χ2v) is 3.36. The predicted molar refractivity (Wildman–Crippen MR) is 55.3 cm³/mol. The highest BCUT2D eigenvalue weighted by atomic mass is 35.5. The molecule has 14 heavy (non-hydrogen) atoms. The molecule has 0 bridgehead atoms. The number of hydrogen-bond donors (Lipinski definition) is 0. The summed E-state index contributed by atoms with van der Waals surface area (Å²) < 4.78 is 0. The molecular weight excluding hydrogens is 198 g/mol. The van der Waals surface area contributed by atoms with Gasteiger partial charge in [0, 0.05) is 19.3 Å². The maximum atomic E-state index is 8.79. The van der Waals surface area contributed by atoms with Gasteiger partial charge in [-0.2, -0.15) is 5.26 Å². The number of anilines is 1. The first-order valence-corrected chi connectivity index (χ1v) is 4.65. The maximum absolute atomic E-state index is 8.79. The van der Waals surface area contributed by atoms with Crippen LogP contribution in [0.4, 0.5) is 5.82 Å². The Morgan fingerprint density at radius 3 is 2.79 bits per heavy atom. The van der Waals surface area contributed by atoms with Crippen LogP contribution >= 0.6 is 11.6 Å². The summed E-state index contributed by atoms with van der Waals surface area (Å²) >= 11 is 6.03. The Labute approximate surface area is 87.2 Å². The van der Waals surface area contributed by atoms with Gasteiger partial charge in [0.05, 0.1) is 5.56 Å². The van der Waals surface area contributed by atoms with Gasteiger partial charge in [0.1, 0.15) is 16.9 Å².